The van der Waals surface area contributed by atoms with Crippen LogP contribution in [0.2, 0.25) is 0 Å². The van der Waals surface area contributed by atoms with E-state index in [1.165, 1.54) is 5.56 Å². The highest BCUT2D eigenvalue weighted by atomic mass is 32.1. The Labute approximate surface area is 171 Å². The molecule has 1 aliphatic heterocycles. The molecule has 3 rings (SSSR count). The zero-order chi connectivity index (χ0) is 20.3. The predicted octanol–water partition coefficient (Wildman–Crippen LogP) is 2.20. The van der Waals surface area contributed by atoms with Crippen molar-refractivity contribution < 1.29 is 4.79 Å². The van der Waals surface area contributed by atoms with Crippen LogP contribution >= 0.6 is 12.2 Å². The van der Waals surface area contributed by atoms with Gasteiger partial charge < -0.3 is 5.32 Å². The maximum absolute atomic E-state index is 12.1. The zero-order valence-electron chi connectivity index (χ0n) is 17.2. The summed E-state index contributed by atoms with van der Waals surface area (Å²) in [6.07, 6.45) is 1.79. The third kappa shape index (κ3) is 5.27. The number of nitrogens with one attached hydrogen (secondary N) is 1. The van der Waals surface area contributed by atoms with Gasteiger partial charge in [0, 0.05) is 31.7 Å². The van der Waals surface area contributed by atoms with Crippen molar-refractivity contribution in [2.75, 3.05) is 32.7 Å². The van der Waals surface area contributed by atoms with E-state index in [-0.39, 0.29) is 11.4 Å². The Morgan fingerprint density at radius 2 is 1.79 bits per heavy atom. The Bertz CT molecular complexity index is 873. The van der Waals surface area contributed by atoms with Crippen molar-refractivity contribution in [2.24, 2.45) is 0 Å². The Kier molecular flexibility index (Phi) is 6.32. The van der Waals surface area contributed by atoms with Crippen molar-refractivity contribution in [3.63, 3.8) is 0 Å². The van der Waals surface area contributed by atoms with Gasteiger partial charge in [-0.1, -0.05) is 18.2 Å². The lowest BCUT2D eigenvalue weighted by Crippen LogP contribution is -2.51. The molecule has 1 fully saturated rings. The Morgan fingerprint density at radius 1 is 1.14 bits per heavy atom. The van der Waals surface area contributed by atoms with Crippen LogP contribution in [0.1, 0.15) is 26.3 Å². The first-order chi connectivity index (χ1) is 13.2. The van der Waals surface area contributed by atoms with Gasteiger partial charge >= 0.3 is 0 Å². The average Bonchev–Trinajstić information content (AvgIpc) is 2.96. The minimum Gasteiger partial charge on any atom is -0.350 e. The molecule has 0 unspecified atom stereocenters. The molecule has 0 saturated carbocycles. The molecule has 0 atom stereocenters. The van der Waals surface area contributed by atoms with Crippen molar-refractivity contribution >= 4 is 18.1 Å². The molecule has 1 saturated heterocycles. The number of carbonyl (C=O) groups excluding carboxylic acids is 1. The van der Waals surface area contributed by atoms with Gasteiger partial charge in [-0.2, -0.15) is 5.10 Å². The minimum atomic E-state index is -0.189. The minimum absolute atomic E-state index is 0.0835. The highest BCUT2D eigenvalue weighted by Gasteiger charge is 2.21. The summed E-state index contributed by atoms with van der Waals surface area (Å²) in [5, 5.41) is 7.51. The number of carbonyl (C=O) groups is 1. The highest BCUT2D eigenvalue weighted by molar-refractivity contribution is 7.71. The topological polar surface area (TPSA) is 58.3 Å². The second-order valence-electron chi connectivity index (χ2n) is 8.40. The third-order valence-electron chi connectivity index (χ3n) is 4.79. The van der Waals surface area contributed by atoms with Crippen LogP contribution < -0.4 is 5.32 Å². The van der Waals surface area contributed by atoms with Crippen LogP contribution in [0.5, 0.6) is 0 Å². The summed E-state index contributed by atoms with van der Waals surface area (Å²) in [7, 11) is 0. The van der Waals surface area contributed by atoms with E-state index in [9.17, 15) is 4.79 Å². The number of rotatable bonds is 5. The predicted molar refractivity (Wildman–Crippen MR) is 113 cm³/mol. The fraction of sp³-hybridized carbons (Fsp3) is 0.550. The molecule has 1 aromatic carbocycles. The number of para-hydroxylation sites is 1. The molecular weight excluding hydrogens is 372 g/mol. The van der Waals surface area contributed by atoms with Gasteiger partial charge in [-0.15, -0.1) is 0 Å². The molecule has 0 aliphatic carbocycles. The standard InChI is InChI=1S/C20H30N6OS/c1-16-7-5-6-8-17(16)25-14-21-26(19(25)28)15-24-11-9-23(10-12-24)13-18(27)22-20(2,3)4/h5-8,14H,9-13,15H2,1-4H3,(H,22,27). The monoisotopic (exact) mass is 402 g/mol. The van der Waals surface area contributed by atoms with Crippen LogP contribution in [0.3, 0.4) is 0 Å². The quantitative estimate of drug-likeness (QED) is 0.777. The summed E-state index contributed by atoms with van der Waals surface area (Å²) in [5.74, 6) is 0.0835. The van der Waals surface area contributed by atoms with Crippen LogP contribution in [0.15, 0.2) is 30.6 Å². The summed E-state index contributed by atoms with van der Waals surface area (Å²) in [6.45, 7) is 12.7. The molecule has 8 heteroatoms. The summed E-state index contributed by atoms with van der Waals surface area (Å²) < 4.78 is 4.52. The molecule has 1 aromatic heterocycles. The molecule has 0 bridgehead atoms. The summed E-state index contributed by atoms with van der Waals surface area (Å²) in [4.78, 5) is 16.6. The molecule has 152 valence electrons. The second kappa shape index (κ2) is 8.55. The highest BCUT2D eigenvalue weighted by Crippen LogP contribution is 2.14. The Balaban J connectivity index is 1.55. The maximum Gasteiger partial charge on any atom is 0.234 e. The van der Waals surface area contributed by atoms with Gasteiger partial charge in [0.05, 0.1) is 18.9 Å². The molecular formula is C20H30N6OS. The van der Waals surface area contributed by atoms with E-state index in [4.69, 9.17) is 12.2 Å². The van der Waals surface area contributed by atoms with Gasteiger partial charge in [0.15, 0.2) is 0 Å². The van der Waals surface area contributed by atoms with Gasteiger partial charge in [-0.25, -0.2) is 4.68 Å². The van der Waals surface area contributed by atoms with E-state index in [1.807, 2.05) is 42.2 Å². The summed E-state index contributed by atoms with van der Waals surface area (Å²) in [6, 6.07) is 8.16. The molecule has 2 heterocycles. The first-order valence-electron chi connectivity index (χ1n) is 9.69. The summed E-state index contributed by atoms with van der Waals surface area (Å²) >= 11 is 5.64. The molecule has 1 amide bonds. The van der Waals surface area contributed by atoms with Crippen molar-refractivity contribution in [3.05, 3.63) is 40.9 Å². The van der Waals surface area contributed by atoms with E-state index < -0.39 is 0 Å². The molecule has 2 aromatic rings. The third-order valence-corrected chi connectivity index (χ3v) is 5.20. The van der Waals surface area contributed by atoms with Gasteiger partial charge in [-0.05, 0) is 51.5 Å². The number of aryl methyl sites for hydroxylation is 1. The molecule has 1 N–H and O–H groups in total. The smallest absolute Gasteiger partial charge is 0.234 e. The van der Waals surface area contributed by atoms with E-state index in [2.05, 4.69) is 39.3 Å². The second-order valence-corrected chi connectivity index (χ2v) is 8.77. The van der Waals surface area contributed by atoms with Crippen molar-refractivity contribution in [1.29, 1.82) is 0 Å². The SMILES string of the molecule is Cc1ccccc1-n1cnn(CN2CCN(CC(=O)NC(C)(C)C)CC2)c1=S. The summed E-state index contributed by atoms with van der Waals surface area (Å²) in [5.41, 5.74) is 2.04. The van der Waals surface area contributed by atoms with Crippen molar-refractivity contribution in [2.45, 2.75) is 39.9 Å². The lowest BCUT2D eigenvalue weighted by molar-refractivity contribution is -0.124. The maximum atomic E-state index is 12.1. The van der Waals surface area contributed by atoms with E-state index in [0.29, 0.717) is 18.0 Å². The lowest BCUT2D eigenvalue weighted by Gasteiger charge is -2.34. The van der Waals surface area contributed by atoms with Crippen LogP contribution in [-0.2, 0) is 11.5 Å². The molecule has 28 heavy (non-hydrogen) atoms. The van der Waals surface area contributed by atoms with Gasteiger partial charge in [-0.3, -0.25) is 19.2 Å². The van der Waals surface area contributed by atoms with Gasteiger partial charge in [0.2, 0.25) is 10.7 Å². The van der Waals surface area contributed by atoms with Crippen LogP contribution in [0, 0.1) is 11.7 Å². The van der Waals surface area contributed by atoms with Crippen molar-refractivity contribution in [3.8, 4) is 5.69 Å². The number of piperazine rings is 1. The zero-order valence-corrected chi connectivity index (χ0v) is 18.0. The average molecular weight is 403 g/mol. The van der Waals surface area contributed by atoms with E-state index >= 15 is 0 Å². The van der Waals surface area contributed by atoms with Gasteiger partial charge in [0.1, 0.15) is 6.33 Å². The number of benzene rings is 1. The number of hydrogen-bond acceptors (Lipinski definition) is 5. The normalized spacial score (nSPS) is 16.3. The van der Waals surface area contributed by atoms with Crippen LogP contribution in [-0.4, -0.2) is 68.3 Å². The van der Waals surface area contributed by atoms with Crippen LogP contribution in [0.25, 0.3) is 5.69 Å². The molecule has 0 spiro atoms. The van der Waals surface area contributed by atoms with Crippen molar-refractivity contribution in [1.82, 2.24) is 29.5 Å². The molecule has 7 nitrogen and oxygen atoms in total. The fourth-order valence-electron chi connectivity index (χ4n) is 3.37. The van der Waals surface area contributed by atoms with E-state index in [0.717, 1.165) is 31.9 Å². The Hall–Kier alpha value is -2.03. The molecule has 0 radical (unpaired) electrons. The van der Waals surface area contributed by atoms with Gasteiger partial charge in [0.25, 0.3) is 0 Å². The molecule has 1 aliphatic rings. The first kappa shape index (κ1) is 20.7. The number of amides is 1. The van der Waals surface area contributed by atoms with E-state index in [1.54, 1.807) is 6.33 Å². The fourth-order valence-corrected chi connectivity index (χ4v) is 3.62. The van der Waals surface area contributed by atoms with Crippen LogP contribution in [0.4, 0.5) is 0 Å². The number of hydrogen-bond donors (Lipinski definition) is 1. The number of aromatic nitrogens is 3. The first-order valence-corrected chi connectivity index (χ1v) is 10.1. The largest absolute Gasteiger partial charge is 0.350 e. The number of nitrogens with zero attached hydrogens (tertiary/aromatic N) is 5. The lowest BCUT2D eigenvalue weighted by atomic mass is 10.1. The Morgan fingerprint density at radius 3 is 2.43 bits per heavy atom.